The van der Waals surface area contributed by atoms with Crippen molar-refractivity contribution in [3.8, 4) is 11.1 Å². The van der Waals surface area contributed by atoms with Gasteiger partial charge in [0.15, 0.2) is 0 Å². The molecular formula is C13H8Li2O2. The van der Waals surface area contributed by atoms with E-state index >= 15 is 0 Å². The Labute approximate surface area is 124 Å². The maximum absolute atomic E-state index is 12.0. The van der Waals surface area contributed by atoms with Crippen LogP contribution in [0.25, 0.3) is 11.1 Å². The summed E-state index contributed by atoms with van der Waals surface area (Å²) < 4.78 is 0. The topological polar surface area (TPSA) is 46.1 Å². The van der Waals surface area contributed by atoms with E-state index in [9.17, 15) is 10.2 Å². The van der Waals surface area contributed by atoms with E-state index in [4.69, 9.17) is 0 Å². The molecule has 1 aliphatic rings. The van der Waals surface area contributed by atoms with Crippen LogP contribution in [0.3, 0.4) is 0 Å². The van der Waals surface area contributed by atoms with Crippen LogP contribution in [0.1, 0.15) is 11.1 Å². The molecule has 0 saturated carbocycles. The Morgan fingerprint density at radius 3 is 1.41 bits per heavy atom. The molecule has 0 amide bonds. The van der Waals surface area contributed by atoms with E-state index in [1.165, 1.54) is 0 Å². The molecule has 0 bridgehead atoms. The van der Waals surface area contributed by atoms with E-state index in [1.54, 1.807) is 24.3 Å². The quantitative estimate of drug-likeness (QED) is 0.322. The van der Waals surface area contributed by atoms with Gasteiger partial charge in [-0.25, -0.2) is 0 Å². The Bertz CT molecular complexity index is 491. The molecule has 74 valence electrons. The van der Waals surface area contributed by atoms with Gasteiger partial charge in [0.1, 0.15) is 0 Å². The molecule has 2 aromatic carbocycles. The van der Waals surface area contributed by atoms with E-state index in [0.717, 1.165) is 11.1 Å². The third kappa shape index (κ3) is 2.03. The fraction of sp³-hybridized carbons (Fsp3) is 0.0769. The molecule has 2 nitrogen and oxygen atoms in total. The van der Waals surface area contributed by atoms with Gasteiger partial charge in [-0.1, -0.05) is 59.7 Å². The normalized spacial score (nSPS) is 14.0. The van der Waals surface area contributed by atoms with Gasteiger partial charge in [0.05, 0.1) is 0 Å². The predicted octanol–water partition coefficient (Wildman–Crippen LogP) is -5.40. The van der Waals surface area contributed by atoms with Gasteiger partial charge in [-0.3, -0.25) is 0 Å². The van der Waals surface area contributed by atoms with Crippen LogP contribution in [0.5, 0.6) is 0 Å². The molecule has 0 saturated heterocycles. The number of benzene rings is 2. The van der Waals surface area contributed by atoms with Gasteiger partial charge in [0, 0.05) is 0 Å². The maximum atomic E-state index is 12.0. The van der Waals surface area contributed by atoms with Crippen molar-refractivity contribution in [2.75, 3.05) is 0 Å². The van der Waals surface area contributed by atoms with Crippen molar-refractivity contribution < 1.29 is 47.9 Å². The molecule has 0 aromatic heterocycles. The summed E-state index contributed by atoms with van der Waals surface area (Å²) in [6.07, 6.45) is 0. The average Bonchev–Trinajstić information content (AvgIpc) is 2.51. The molecule has 1 aliphatic carbocycles. The molecule has 0 heterocycles. The van der Waals surface area contributed by atoms with Gasteiger partial charge in [0.2, 0.25) is 0 Å². The molecule has 0 N–H and O–H groups in total. The first-order valence-electron chi connectivity index (χ1n) is 4.81. The van der Waals surface area contributed by atoms with Crippen LogP contribution in [0.2, 0.25) is 0 Å². The molecule has 0 fully saturated rings. The Morgan fingerprint density at radius 2 is 1.00 bits per heavy atom. The first-order valence-corrected chi connectivity index (χ1v) is 4.81. The molecule has 17 heavy (non-hydrogen) atoms. The number of hydrogen-bond acceptors (Lipinski definition) is 2. The van der Waals surface area contributed by atoms with Gasteiger partial charge in [-0.05, 0) is 11.1 Å². The summed E-state index contributed by atoms with van der Waals surface area (Å²) in [5, 5.41) is 24.0. The van der Waals surface area contributed by atoms with Gasteiger partial charge >= 0.3 is 37.7 Å². The Morgan fingerprint density at radius 1 is 0.647 bits per heavy atom. The molecule has 2 aromatic rings. The molecule has 0 aliphatic heterocycles. The molecular weight excluding hydrogens is 202 g/mol. The first kappa shape index (κ1) is 14.6. The van der Waals surface area contributed by atoms with Crippen molar-refractivity contribution in [1.29, 1.82) is 0 Å². The molecule has 0 radical (unpaired) electrons. The van der Waals surface area contributed by atoms with Crippen LogP contribution in [0, 0.1) is 0 Å². The van der Waals surface area contributed by atoms with E-state index in [2.05, 4.69) is 0 Å². The summed E-state index contributed by atoms with van der Waals surface area (Å²) in [6.45, 7) is 0. The minimum Gasteiger partial charge on any atom is -0.856 e. The summed E-state index contributed by atoms with van der Waals surface area (Å²) >= 11 is 0. The van der Waals surface area contributed by atoms with Crippen LogP contribution >= 0.6 is 0 Å². The minimum absolute atomic E-state index is 0. The first-order chi connectivity index (χ1) is 7.21. The molecule has 0 unspecified atom stereocenters. The zero-order valence-electron chi connectivity index (χ0n) is 9.94. The Kier molecular flexibility index (Phi) is 4.34. The van der Waals surface area contributed by atoms with E-state index in [-0.39, 0.29) is 37.7 Å². The zero-order valence-corrected chi connectivity index (χ0v) is 9.94. The molecule has 0 atom stereocenters. The zero-order chi connectivity index (χ0) is 10.5. The second-order valence-electron chi connectivity index (χ2n) is 3.71. The van der Waals surface area contributed by atoms with Gasteiger partial charge in [-0.15, -0.1) is 0 Å². The Hall–Kier alpha value is -0.445. The van der Waals surface area contributed by atoms with Crippen molar-refractivity contribution in [2.45, 2.75) is 5.79 Å². The molecule has 0 spiro atoms. The van der Waals surface area contributed by atoms with Crippen LogP contribution < -0.4 is 47.9 Å². The van der Waals surface area contributed by atoms with E-state index in [0.29, 0.717) is 11.1 Å². The smallest absolute Gasteiger partial charge is 0.856 e. The fourth-order valence-electron chi connectivity index (χ4n) is 2.16. The summed E-state index contributed by atoms with van der Waals surface area (Å²) in [6, 6.07) is 14.0. The second kappa shape index (κ2) is 5.05. The number of rotatable bonds is 0. The summed E-state index contributed by atoms with van der Waals surface area (Å²) in [4.78, 5) is 0. The SMILES string of the molecule is [Li+].[Li+].[O-]C1([O-])c2ccccc2-c2ccccc21. The fourth-order valence-corrected chi connectivity index (χ4v) is 2.16. The van der Waals surface area contributed by atoms with Gasteiger partial charge in [0.25, 0.3) is 0 Å². The maximum Gasteiger partial charge on any atom is 1.00 e. The van der Waals surface area contributed by atoms with Crippen LogP contribution in [-0.4, -0.2) is 0 Å². The van der Waals surface area contributed by atoms with Gasteiger partial charge < -0.3 is 10.2 Å². The van der Waals surface area contributed by atoms with Crippen LogP contribution in [-0.2, 0) is 5.79 Å². The molecule has 4 heteroatoms. The standard InChI is InChI=1S/C13H8O2.2Li/c14-13(15)11-7-3-1-5-9(11)10-6-2-4-8-12(10)13;;/h1-8H;;/q-2;2*+1. The van der Waals surface area contributed by atoms with Gasteiger partial charge in [-0.2, -0.15) is 5.79 Å². The van der Waals surface area contributed by atoms with Crippen molar-refractivity contribution in [3.05, 3.63) is 59.7 Å². The van der Waals surface area contributed by atoms with E-state index in [1.807, 2.05) is 24.3 Å². The summed E-state index contributed by atoms with van der Waals surface area (Å²) in [5.74, 6) is -2.34. The Balaban J connectivity index is 0.000000722. The predicted molar refractivity (Wildman–Crippen MR) is 52.7 cm³/mol. The third-order valence-corrected chi connectivity index (χ3v) is 2.85. The third-order valence-electron chi connectivity index (χ3n) is 2.85. The van der Waals surface area contributed by atoms with Crippen molar-refractivity contribution in [2.24, 2.45) is 0 Å². The number of fused-ring (bicyclic) bond motifs is 3. The van der Waals surface area contributed by atoms with Crippen molar-refractivity contribution in [3.63, 3.8) is 0 Å². The number of hydrogen-bond donors (Lipinski definition) is 0. The monoisotopic (exact) mass is 210 g/mol. The van der Waals surface area contributed by atoms with Crippen molar-refractivity contribution >= 4 is 0 Å². The average molecular weight is 210 g/mol. The van der Waals surface area contributed by atoms with Crippen LogP contribution in [0.4, 0.5) is 0 Å². The second-order valence-corrected chi connectivity index (χ2v) is 3.71. The molecule has 3 rings (SSSR count). The van der Waals surface area contributed by atoms with Crippen LogP contribution in [0.15, 0.2) is 48.5 Å². The van der Waals surface area contributed by atoms with E-state index < -0.39 is 5.79 Å². The van der Waals surface area contributed by atoms with Crippen molar-refractivity contribution in [1.82, 2.24) is 0 Å². The summed E-state index contributed by atoms with van der Waals surface area (Å²) in [7, 11) is 0. The minimum atomic E-state index is -2.34. The largest absolute Gasteiger partial charge is 1.00 e. The summed E-state index contributed by atoms with van der Waals surface area (Å²) in [5.41, 5.74) is 2.23.